The largest absolute Gasteiger partial charge is 0.478 e. The highest BCUT2D eigenvalue weighted by atomic mass is 35.5. The first-order valence-corrected chi connectivity index (χ1v) is 11.1. The van der Waals surface area contributed by atoms with Gasteiger partial charge in [0.25, 0.3) is 0 Å². The number of carboxylic acids is 1. The molecule has 4 aromatic rings. The summed E-state index contributed by atoms with van der Waals surface area (Å²) >= 11 is 11.9. The molecule has 0 radical (unpaired) electrons. The van der Waals surface area contributed by atoms with E-state index in [9.17, 15) is 18.3 Å². The van der Waals surface area contributed by atoms with Crippen molar-refractivity contribution in [3.63, 3.8) is 0 Å². The molecule has 0 bridgehead atoms. The van der Waals surface area contributed by atoms with Crippen LogP contribution in [0, 0.1) is 0 Å². The minimum atomic E-state index is -4.06. The van der Waals surface area contributed by atoms with Crippen LogP contribution in [0.1, 0.15) is 10.4 Å². The summed E-state index contributed by atoms with van der Waals surface area (Å²) in [5.74, 6) is -1.12. The summed E-state index contributed by atoms with van der Waals surface area (Å²) in [6.45, 7) is 0. The summed E-state index contributed by atoms with van der Waals surface area (Å²) in [5, 5.41) is 17.9. The van der Waals surface area contributed by atoms with Crippen molar-refractivity contribution >= 4 is 39.0 Å². The second-order valence-electron chi connectivity index (χ2n) is 6.47. The number of rotatable bonds is 5. The Morgan fingerprint density at radius 1 is 0.903 bits per heavy atom. The average molecular weight is 474 g/mol. The summed E-state index contributed by atoms with van der Waals surface area (Å²) < 4.78 is 28.0. The van der Waals surface area contributed by atoms with E-state index in [1.54, 1.807) is 36.4 Å². The van der Waals surface area contributed by atoms with Crippen LogP contribution < -0.4 is 0 Å². The van der Waals surface area contributed by atoms with Gasteiger partial charge < -0.3 is 5.11 Å². The second-order valence-corrected chi connectivity index (χ2v) is 9.21. The van der Waals surface area contributed by atoms with Crippen LogP contribution in [0.2, 0.25) is 10.0 Å². The molecule has 0 fully saturated rings. The Labute approximate surface area is 187 Å². The van der Waals surface area contributed by atoms with Gasteiger partial charge in [-0.2, -0.15) is 0 Å². The number of aromatic carboxylic acids is 1. The molecule has 7 nitrogen and oxygen atoms in total. The monoisotopic (exact) mass is 473 g/mol. The SMILES string of the molecule is O=C(O)c1cccc(-n2nnc(S(=O)(=O)c3ccc(Cl)cc3)c2-c2ccc(Cl)cc2)c1. The third-order valence-electron chi connectivity index (χ3n) is 4.47. The van der Waals surface area contributed by atoms with Crippen LogP contribution >= 0.6 is 23.2 Å². The molecule has 0 amide bonds. The molecule has 0 atom stereocenters. The van der Waals surface area contributed by atoms with Gasteiger partial charge in [-0.15, -0.1) is 5.10 Å². The van der Waals surface area contributed by atoms with Crippen LogP contribution in [0.3, 0.4) is 0 Å². The first-order valence-electron chi connectivity index (χ1n) is 8.83. The van der Waals surface area contributed by atoms with Crippen LogP contribution in [-0.4, -0.2) is 34.5 Å². The standard InChI is InChI=1S/C21H13Cl2N3O4S/c22-15-6-4-13(5-7-15)19-20(31(29,30)18-10-8-16(23)9-11-18)24-25-26(19)17-3-1-2-14(12-17)21(27)28/h1-12H,(H,27,28). The molecule has 0 unspecified atom stereocenters. The average Bonchev–Trinajstić information content (AvgIpc) is 3.21. The number of benzene rings is 3. The Morgan fingerprint density at radius 3 is 2.13 bits per heavy atom. The Bertz CT molecular complexity index is 1380. The van der Waals surface area contributed by atoms with Crippen LogP contribution in [0.25, 0.3) is 16.9 Å². The minimum Gasteiger partial charge on any atom is -0.478 e. The lowest BCUT2D eigenvalue weighted by Gasteiger charge is -2.10. The Hall–Kier alpha value is -3.20. The highest BCUT2D eigenvalue weighted by Crippen LogP contribution is 2.33. The number of sulfone groups is 1. The van der Waals surface area contributed by atoms with Gasteiger partial charge in [0.15, 0.2) is 0 Å². The van der Waals surface area contributed by atoms with Crippen molar-refractivity contribution < 1.29 is 18.3 Å². The zero-order valence-electron chi connectivity index (χ0n) is 15.6. The number of aromatic nitrogens is 3. The molecule has 3 aromatic carbocycles. The van der Waals surface area contributed by atoms with Crippen LogP contribution in [0.4, 0.5) is 0 Å². The number of halogens is 2. The van der Waals surface area contributed by atoms with Crippen molar-refractivity contribution in [1.29, 1.82) is 0 Å². The molecular formula is C21H13Cl2N3O4S. The maximum absolute atomic E-state index is 13.3. The zero-order valence-corrected chi connectivity index (χ0v) is 17.9. The van der Waals surface area contributed by atoms with Crippen molar-refractivity contribution in [2.24, 2.45) is 0 Å². The molecule has 0 aliphatic carbocycles. The van der Waals surface area contributed by atoms with Gasteiger partial charge in [0, 0.05) is 15.6 Å². The van der Waals surface area contributed by atoms with E-state index < -0.39 is 15.8 Å². The van der Waals surface area contributed by atoms with Gasteiger partial charge in [-0.25, -0.2) is 17.9 Å². The maximum Gasteiger partial charge on any atom is 0.335 e. The number of carboxylic acid groups (broad SMARTS) is 1. The molecule has 10 heteroatoms. The fraction of sp³-hybridized carbons (Fsp3) is 0. The van der Waals surface area contributed by atoms with Gasteiger partial charge in [0.05, 0.1) is 16.1 Å². The van der Waals surface area contributed by atoms with E-state index in [4.69, 9.17) is 23.2 Å². The smallest absolute Gasteiger partial charge is 0.335 e. The van der Waals surface area contributed by atoms with Crippen LogP contribution in [0.5, 0.6) is 0 Å². The summed E-state index contributed by atoms with van der Waals surface area (Å²) in [4.78, 5) is 11.4. The third kappa shape index (κ3) is 4.05. The summed E-state index contributed by atoms with van der Waals surface area (Å²) in [7, 11) is -4.06. The number of hydrogen-bond acceptors (Lipinski definition) is 5. The Kier molecular flexibility index (Phi) is 5.53. The molecule has 0 aliphatic heterocycles. The molecule has 0 spiro atoms. The van der Waals surface area contributed by atoms with Gasteiger partial charge in [0.2, 0.25) is 14.9 Å². The van der Waals surface area contributed by atoms with E-state index in [-0.39, 0.29) is 21.2 Å². The first-order chi connectivity index (χ1) is 14.8. The van der Waals surface area contributed by atoms with Crippen molar-refractivity contribution in [3.8, 4) is 16.9 Å². The number of carbonyl (C=O) groups is 1. The van der Waals surface area contributed by atoms with Gasteiger partial charge in [0.1, 0.15) is 5.69 Å². The fourth-order valence-electron chi connectivity index (χ4n) is 2.98. The van der Waals surface area contributed by atoms with Crippen LogP contribution in [0.15, 0.2) is 82.7 Å². The molecule has 1 N–H and O–H groups in total. The Balaban J connectivity index is 1.97. The molecular weight excluding hydrogens is 461 g/mol. The van der Waals surface area contributed by atoms with E-state index in [0.717, 1.165) is 0 Å². The number of hydrogen-bond donors (Lipinski definition) is 1. The minimum absolute atomic E-state index is 0.00143. The van der Waals surface area contributed by atoms with E-state index in [1.165, 1.54) is 41.1 Å². The van der Waals surface area contributed by atoms with Crippen LogP contribution in [-0.2, 0) is 9.84 Å². The Morgan fingerprint density at radius 2 is 1.52 bits per heavy atom. The maximum atomic E-state index is 13.3. The number of nitrogens with zero attached hydrogens (tertiary/aromatic N) is 3. The quantitative estimate of drug-likeness (QED) is 0.447. The normalized spacial score (nSPS) is 11.4. The van der Waals surface area contributed by atoms with Gasteiger partial charge in [-0.1, -0.05) is 46.6 Å². The molecule has 0 saturated carbocycles. The molecule has 0 saturated heterocycles. The lowest BCUT2D eigenvalue weighted by molar-refractivity contribution is 0.0697. The fourth-order valence-corrected chi connectivity index (χ4v) is 4.55. The van der Waals surface area contributed by atoms with E-state index in [2.05, 4.69) is 10.3 Å². The third-order valence-corrected chi connectivity index (χ3v) is 6.65. The summed E-state index contributed by atoms with van der Waals surface area (Å²) in [6.07, 6.45) is 0. The van der Waals surface area contributed by atoms with Crippen molar-refractivity contribution in [3.05, 3.63) is 88.4 Å². The lowest BCUT2D eigenvalue weighted by atomic mass is 10.1. The second kappa shape index (κ2) is 8.14. The van der Waals surface area contributed by atoms with Gasteiger partial charge in [-0.05, 0) is 54.6 Å². The molecule has 31 heavy (non-hydrogen) atoms. The lowest BCUT2D eigenvalue weighted by Crippen LogP contribution is -2.06. The van der Waals surface area contributed by atoms with E-state index >= 15 is 0 Å². The summed E-state index contributed by atoms with van der Waals surface area (Å²) in [5.41, 5.74) is 1.03. The highest BCUT2D eigenvalue weighted by molar-refractivity contribution is 7.91. The molecule has 1 aromatic heterocycles. The van der Waals surface area contributed by atoms with Crippen molar-refractivity contribution in [2.45, 2.75) is 9.92 Å². The molecule has 1 heterocycles. The first kappa shape index (κ1) is 21.0. The van der Waals surface area contributed by atoms with E-state index in [0.29, 0.717) is 21.3 Å². The zero-order chi connectivity index (χ0) is 22.2. The van der Waals surface area contributed by atoms with Crippen molar-refractivity contribution in [2.75, 3.05) is 0 Å². The van der Waals surface area contributed by atoms with Crippen molar-refractivity contribution in [1.82, 2.24) is 15.0 Å². The van der Waals surface area contributed by atoms with Gasteiger partial charge >= 0.3 is 5.97 Å². The molecule has 4 rings (SSSR count). The van der Waals surface area contributed by atoms with E-state index in [1.807, 2.05) is 0 Å². The molecule has 156 valence electrons. The summed E-state index contributed by atoms with van der Waals surface area (Å²) in [6, 6.07) is 18.2. The predicted octanol–water partition coefficient (Wildman–Crippen LogP) is 4.77. The molecule has 0 aliphatic rings. The topological polar surface area (TPSA) is 102 Å². The predicted molar refractivity (Wildman–Crippen MR) is 116 cm³/mol. The highest BCUT2D eigenvalue weighted by Gasteiger charge is 2.29. The van der Waals surface area contributed by atoms with Gasteiger partial charge in [-0.3, -0.25) is 0 Å².